The molecule has 0 bridgehead atoms. The molecule has 0 fully saturated rings. The maximum absolute atomic E-state index is 14.9. The van der Waals surface area contributed by atoms with Crippen LogP contribution in [0.4, 0.5) is 21.8 Å². The summed E-state index contributed by atoms with van der Waals surface area (Å²) in [5, 5.41) is 5.20. The van der Waals surface area contributed by atoms with Gasteiger partial charge in [0.05, 0.1) is 24.7 Å². The SMILES string of the molecule is COc1cccc(CN2CC(n3ncc4c(N)nc(N)nc43)Cc3ccccc32)c1F. The first-order chi connectivity index (χ1) is 15.0. The number of nitrogen functional groups attached to an aromatic ring is 2. The number of hydrogen-bond acceptors (Lipinski definition) is 7. The van der Waals surface area contributed by atoms with Crippen molar-refractivity contribution in [3.8, 4) is 5.75 Å². The average molecular weight is 419 g/mol. The van der Waals surface area contributed by atoms with Crippen LogP contribution >= 0.6 is 0 Å². The molecular formula is C22H22FN7O. The lowest BCUT2D eigenvalue weighted by molar-refractivity contribution is 0.383. The number of methoxy groups -OCH3 is 1. The van der Waals surface area contributed by atoms with Crippen LogP contribution < -0.4 is 21.1 Å². The number of fused-ring (bicyclic) bond motifs is 2. The summed E-state index contributed by atoms with van der Waals surface area (Å²) in [6, 6.07) is 13.3. The summed E-state index contributed by atoms with van der Waals surface area (Å²) in [5.41, 5.74) is 15.2. The van der Waals surface area contributed by atoms with Gasteiger partial charge in [-0.15, -0.1) is 0 Å². The van der Waals surface area contributed by atoms with Crippen molar-refractivity contribution in [1.29, 1.82) is 0 Å². The first-order valence-corrected chi connectivity index (χ1v) is 9.95. The van der Waals surface area contributed by atoms with Gasteiger partial charge in [-0.05, 0) is 24.1 Å². The average Bonchev–Trinajstić information content (AvgIpc) is 3.19. The largest absolute Gasteiger partial charge is 0.494 e. The standard InChI is InChI=1S/C22H22FN7O/c1-31-18-8-4-6-14(19(18)23)11-29-12-15(9-13-5-2-3-7-17(13)29)30-21-16(10-26-30)20(24)27-22(25)28-21/h2-8,10,15H,9,11-12H2,1H3,(H4,24,25,27,28). The predicted molar refractivity (Wildman–Crippen MR) is 117 cm³/mol. The highest BCUT2D eigenvalue weighted by molar-refractivity contribution is 5.86. The van der Waals surface area contributed by atoms with Crippen LogP contribution in [0.1, 0.15) is 17.2 Å². The molecule has 4 N–H and O–H groups in total. The molecule has 3 heterocycles. The summed E-state index contributed by atoms with van der Waals surface area (Å²) < 4.78 is 21.8. The molecule has 31 heavy (non-hydrogen) atoms. The topological polar surface area (TPSA) is 108 Å². The summed E-state index contributed by atoms with van der Waals surface area (Å²) in [5.74, 6) is 0.307. The summed E-state index contributed by atoms with van der Waals surface area (Å²) in [6.07, 6.45) is 2.42. The Kier molecular flexibility index (Phi) is 4.58. The molecule has 0 saturated carbocycles. The van der Waals surface area contributed by atoms with Gasteiger partial charge in [-0.2, -0.15) is 15.1 Å². The van der Waals surface area contributed by atoms with Gasteiger partial charge in [-0.1, -0.05) is 30.3 Å². The lowest BCUT2D eigenvalue weighted by Gasteiger charge is -2.36. The van der Waals surface area contributed by atoms with Crippen molar-refractivity contribution in [2.24, 2.45) is 0 Å². The van der Waals surface area contributed by atoms with Gasteiger partial charge < -0.3 is 21.1 Å². The molecule has 1 aliphatic rings. The predicted octanol–water partition coefficient (Wildman–Crippen LogP) is 2.94. The first kappa shape index (κ1) is 19.1. The van der Waals surface area contributed by atoms with Gasteiger partial charge in [0, 0.05) is 24.3 Å². The zero-order chi connectivity index (χ0) is 21.5. The number of nitrogens with zero attached hydrogens (tertiary/aromatic N) is 5. The van der Waals surface area contributed by atoms with Crippen molar-refractivity contribution >= 4 is 28.5 Å². The maximum Gasteiger partial charge on any atom is 0.224 e. The van der Waals surface area contributed by atoms with Crippen LogP contribution in [0.15, 0.2) is 48.7 Å². The fourth-order valence-corrected chi connectivity index (χ4v) is 4.25. The number of aromatic nitrogens is 4. The van der Waals surface area contributed by atoms with Gasteiger partial charge in [-0.25, -0.2) is 9.07 Å². The Morgan fingerprint density at radius 3 is 2.81 bits per heavy atom. The number of anilines is 3. The molecule has 1 unspecified atom stereocenters. The molecule has 0 radical (unpaired) electrons. The third kappa shape index (κ3) is 3.27. The van der Waals surface area contributed by atoms with Crippen LogP contribution in [0.25, 0.3) is 11.0 Å². The lowest BCUT2D eigenvalue weighted by atomic mass is 9.97. The molecule has 0 saturated heterocycles. The number of halogens is 1. The van der Waals surface area contributed by atoms with E-state index in [0.29, 0.717) is 35.5 Å². The Balaban J connectivity index is 1.55. The van der Waals surface area contributed by atoms with Crippen molar-refractivity contribution in [1.82, 2.24) is 19.7 Å². The molecule has 9 heteroatoms. The number of rotatable bonds is 4. The fourth-order valence-electron chi connectivity index (χ4n) is 4.25. The monoisotopic (exact) mass is 419 g/mol. The second-order valence-electron chi connectivity index (χ2n) is 7.59. The van der Waals surface area contributed by atoms with Crippen LogP contribution in [0.2, 0.25) is 0 Å². The normalized spacial score (nSPS) is 15.8. The minimum atomic E-state index is -0.345. The quantitative estimate of drug-likeness (QED) is 0.523. The first-order valence-electron chi connectivity index (χ1n) is 9.95. The Hall–Kier alpha value is -3.88. The highest BCUT2D eigenvalue weighted by Crippen LogP contribution is 2.35. The molecule has 5 rings (SSSR count). The van der Waals surface area contributed by atoms with Gasteiger partial charge >= 0.3 is 0 Å². The fraction of sp³-hybridized carbons (Fsp3) is 0.227. The minimum Gasteiger partial charge on any atom is -0.494 e. The molecule has 158 valence electrons. The summed E-state index contributed by atoms with van der Waals surface area (Å²) in [6.45, 7) is 1.02. The molecule has 8 nitrogen and oxygen atoms in total. The van der Waals surface area contributed by atoms with Gasteiger partial charge in [0.25, 0.3) is 0 Å². The number of para-hydroxylation sites is 1. The molecule has 2 aromatic carbocycles. The van der Waals surface area contributed by atoms with Crippen molar-refractivity contribution in [3.63, 3.8) is 0 Å². The molecule has 1 aliphatic heterocycles. The second kappa shape index (κ2) is 7.42. The smallest absolute Gasteiger partial charge is 0.224 e. The molecule has 1 atom stereocenters. The van der Waals surface area contributed by atoms with Gasteiger partial charge in [0.1, 0.15) is 5.82 Å². The number of nitrogens with two attached hydrogens (primary N) is 2. The number of hydrogen-bond donors (Lipinski definition) is 2. The van der Waals surface area contributed by atoms with E-state index in [1.807, 2.05) is 16.8 Å². The van der Waals surface area contributed by atoms with E-state index >= 15 is 0 Å². The van der Waals surface area contributed by atoms with Crippen LogP contribution in [-0.2, 0) is 13.0 Å². The molecule has 2 aromatic heterocycles. The Bertz CT molecular complexity index is 1270. The Labute approximate surface area is 178 Å². The second-order valence-corrected chi connectivity index (χ2v) is 7.59. The van der Waals surface area contributed by atoms with Gasteiger partial charge in [0.2, 0.25) is 5.95 Å². The van der Waals surface area contributed by atoms with E-state index in [1.54, 1.807) is 24.4 Å². The van der Waals surface area contributed by atoms with Crippen LogP contribution in [0.3, 0.4) is 0 Å². The van der Waals surface area contributed by atoms with E-state index in [-0.39, 0.29) is 23.6 Å². The maximum atomic E-state index is 14.9. The van der Waals surface area contributed by atoms with Crippen molar-refractivity contribution < 1.29 is 9.13 Å². The Morgan fingerprint density at radius 2 is 1.97 bits per heavy atom. The summed E-state index contributed by atoms with van der Waals surface area (Å²) in [4.78, 5) is 10.5. The van der Waals surface area contributed by atoms with Crippen molar-refractivity contribution in [3.05, 3.63) is 65.6 Å². The van der Waals surface area contributed by atoms with Crippen LogP contribution in [-0.4, -0.2) is 33.4 Å². The van der Waals surface area contributed by atoms with E-state index in [4.69, 9.17) is 16.2 Å². The number of ether oxygens (including phenoxy) is 1. The summed E-state index contributed by atoms with van der Waals surface area (Å²) in [7, 11) is 1.47. The van der Waals surface area contributed by atoms with Crippen molar-refractivity contribution in [2.45, 2.75) is 19.0 Å². The molecule has 0 aliphatic carbocycles. The number of benzene rings is 2. The molecule has 4 aromatic rings. The molecule has 0 amide bonds. The molecule has 0 spiro atoms. The highest BCUT2D eigenvalue weighted by atomic mass is 19.1. The zero-order valence-electron chi connectivity index (χ0n) is 17.0. The minimum absolute atomic E-state index is 0.0326. The molecular weight excluding hydrogens is 397 g/mol. The highest BCUT2D eigenvalue weighted by Gasteiger charge is 2.28. The van der Waals surface area contributed by atoms with Crippen LogP contribution in [0.5, 0.6) is 5.75 Å². The van der Waals surface area contributed by atoms with E-state index in [0.717, 1.165) is 17.7 Å². The van der Waals surface area contributed by atoms with E-state index in [2.05, 4.69) is 32.1 Å². The van der Waals surface area contributed by atoms with Gasteiger partial charge in [0.15, 0.2) is 17.2 Å². The third-order valence-corrected chi connectivity index (χ3v) is 5.69. The van der Waals surface area contributed by atoms with Gasteiger partial charge in [-0.3, -0.25) is 0 Å². The van der Waals surface area contributed by atoms with E-state index in [1.165, 1.54) is 7.11 Å². The van der Waals surface area contributed by atoms with E-state index < -0.39 is 0 Å². The lowest BCUT2D eigenvalue weighted by Crippen LogP contribution is -2.37. The zero-order valence-corrected chi connectivity index (χ0v) is 17.0. The van der Waals surface area contributed by atoms with Crippen LogP contribution in [0, 0.1) is 5.82 Å². The van der Waals surface area contributed by atoms with Crippen molar-refractivity contribution in [2.75, 3.05) is 30.0 Å². The summed E-state index contributed by atoms with van der Waals surface area (Å²) >= 11 is 0. The van der Waals surface area contributed by atoms with E-state index in [9.17, 15) is 4.39 Å². The Morgan fingerprint density at radius 1 is 1.13 bits per heavy atom. The third-order valence-electron chi connectivity index (χ3n) is 5.69.